The smallest absolute Gasteiger partial charge is 0.263 e. The van der Waals surface area contributed by atoms with Crippen LogP contribution in [0.15, 0.2) is 53.4 Å². The van der Waals surface area contributed by atoms with Gasteiger partial charge in [0.25, 0.3) is 15.9 Å². The maximum absolute atomic E-state index is 13.0. The van der Waals surface area contributed by atoms with E-state index in [9.17, 15) is 13.2 Å². The van der Waals surface area contributed by atoms with Crippen LogP contribution in [0.4, 0.5) is 11.4 Å². The third kappa shape index (κ3) is 4.92. The van der Waals surface area contributed by atoms with Crippen LogP contribution in [0.5, 0.6) is 0 Å². The van der Waals surface area contributed by atoms with Crippen LogP contribution in [0.2, 0.25) is 5.02 Å². The molecule has 3 rings (SSSR count). The van der Waals surface area contributed by atoms with Gasteiger partial charge in [0.2, 0.25) is 0 Å². The van der Waals surface area contributed by atoms with Crippen molar-refractivity contribution in [1.29, 1.82) is 0 Å². The van der Waals surface area contributed by atoms with Gasteiger partial charge in [0, 0.05) is 11.3 Å². The van der Waals surface area contributed by atoms with Crippen molar-refractivity contribution in [3.05, 3.63) is 86.9 Å². The summed E-state index contributed by atoms with van der Waals surface area (Å²) in [6.45, 7) is 9.57. The van der Waals surface area contributed by atoms with Gasteiger partial charge in [-0.3, -0.25) is 9.52 Å². The number of benzene rings is 3. The number of hydrogen-bond donors (Lipinski definition) is 2. The second kappa shape index (κ2) is 8.73. The normalized spacial score (nSPS) is 11.3. The zero-order valence-electron chi connectivity index (χ0n) is 18.1. The number of anilines is 2. The van der Waals surface area contributed by atoms with Gasteiger partial charge in [-0.15, -0.1) is 0 Å². The Balaban J connectivity index is 1.94. The summed E-state index contributed by atoms with van der Waals surface area (Å²) in [4.78, 5) is 12.7. The van der Waals surface area contributed by atoms with E-state index in [2.05, 4.69) is 10.0 Å². The van der Waals surface area contributed by atoms with Crippen molar-refractivity contribution < 1.29 is 13.2 Å². The molecule has 0 atom stereocenters. The summed E-state index contributed by atoms with van der Waals surface area (Å²) in [6, 6.07) is 13.6. The van der Waals surface area contributed by atoms with E-state index in [1.807, 2.05) is 52.8 Å². The van der Waals surface area contributed by atoms with Crippen molar-refractivity contribution in [2.45, 2.75) is 39.5 Å². The molecule has 0 saturated heterocycles. The number of amides is 1. The fourth-order valence-electron chi connectivity index (χ4n) is 3.47. The van der Waals surface area contributed by atoms with Gasteiger partial charge in [0.1, 0.15) is 4.90 Å². The molecule has 0 aliphatic heterocycles. The van der Waals surface area contributed by atoms with Crippen LogP contribution in [0.25, 0.3) is 0 Å². The standard InChI is InChI=1S/C24H25ClN2O3S/c1-14-11-16(3)23(17(4)12-14)26-24(28)19-9-10-20(25)22(13-19)31(29,30)27-21-8-6-7-15(2)18(21)5/h6-13,27H,1-5H3,(H,26,28). The SMILES string of the molecule is Cc1cc(C)c(NC(=O)c2ccc(Cl)c(S(=O)(=O)Nc3cccc(C)c3C)c2)c(C)c1. The van der Waals surface area contributed by atoms with E-state index in [4.69, 9.17) is 11.6 Å². The van der Waals surface area contributed by atoms with E-state index in [-0.39, 0.29) is 15.5 Å². The van der Waals surface area contributed by atoms with Crippen molar-refractivity contribution in [3.8, 4) is 0 Å². The zero-order chi connectivity index (χ0) is 22.9. The maximum atomic E-state index is 13.0. The molecule has 7 heteroatoms. The Morgan fingerprint density at radius 3 is 2.16 bits per heavy atom. The molecule has 162 valence electrons. The number of rotatable bonds is 5. The van der Waals surface area contributed by atoms with Gasteiger partial charge in [-0.25, -0.2) is 8.42 Å². The van der Waals surface area contributed by atoms with Gasteiger partial charge < -0.3 is 5.32 Å². The third-order valence-electron chi connectivity index (χ3n) is 5.25. The largest absolute Gasteiger partial charge is 0.322 e. The highest BCUT2D eigenvalue weighted by molar-refractivity contribution is 7.92. The number of carbonyl (C=O) groups excluding carboxylic acids is 1. The second-order valence-electron chi connectivity index (χ2n) is 7.73. The fourth-order valence-corrected chi connectivity index (χ4v) is 5.12. The minimum atomic E-state index is -4.00. The molecule has 0 aliphatic carbocycles. The van der Waals surface area contributed by atoms with E-state index in [0.717, 1.165) is 27.8 Å². The number of carbonyl (C=O) groups is 1. The van der Waals surface area contributed by atoms with E-state index in [1.54, 1.807) is 12.1 Å². The fraction of sp³-hybridized carbons (Fsp3) is 0.208. The monoisotopic (exact) mass is 456 g/mol. The van der Waals surface area contributed by atoms with Crippen LogP contribution in [0.1, 0.15) is 38.2 Å². The average molecular weight is 457 g/mol. The van der Waals surface area contributed by atoms with Gasteiger partial charge in [0.15, 0.2) is 0 Å². The molecule has 0 bridgehead atoms. The molecule has 1 amide bonds. The zero-order valence-corrected chi connectivity index (χ0v) is 19.7. The highest BCUT2D eigenvalue weighted by Crippen LogP contribution is 2.28. The number of halogens is 1. The Kier molecular flexibility index (Phi) is 6.43. The van der Waals surface area contributed by atoms with Gasteiger partial charge in [-0.1, -0.05) is 41.4 Å². The molecule has 0 aromatic heterocycles. The lowest BCUT2D eigenvalue weighted by molar-refractivity contribution is 0.102. The van der Waals surface area contributed by atoms with Gasteiger partial charge in [-0.05, 0) is 81.1 Å². The first-order valence-electron chi connectivity index (χ1n) is 9.77. The summed E-state index contributed by atoms with van der Waals surface area (Å²) in [5, 5.41) is 2.93. The van der Waals surface area contributed by atoms with Gasteiger partial charge in [-0.2, -0.15) is 0 Å². The molecule has 3 aromatic rings. The Bertz CT molecular complexity index is 1260. The summed E-state index contributed by atoms with van der Waals surface area (Å²) < 4.78 is 28.7. The first-order valence-corrected chi connectivity index (χ1v) is 11.6. The number of nitrogens with one attached hydrogen (secondary N) is 2. The Morgan fingerprint density at radius 1 is 0.871 bits per heavy atom. The Hall–Kier alpha value is -2.83. The molecular formula is C24H25ClN2O3S. The highest BCUT2D eigenvalue weighted by atomic mass is 35.5. The van der Waals surface area contributed by atoms with Gasteiger partial charge in [0.05, 0.1) is 10.7 Å². The quantitative estimate of drug-likeness (QED) is 0.499. The van der Waals surface area contributed by atoms with Crippen LogP contribution in [0, 0.1) is 34.6 Å². The molecule has 31 heavy (non-hydrogen) atoms. The molecule has 0 fully saturated rings. The lowest BCUT2D eigenvalue weighted by Gasteiger charge is -2.15. The molecular weight excluding hydrogens is 432 g/mol. The topological polar surface area (TPSA) is 75.3 Å². The predicted octanol–water partition coefficient (Wildman–Crippen LogP) is 5.94. The number of hydrogen-bond acceptors (Lipinski definition) is 3. The van der Waals surface area contributed by atoms with Crippen molar-refractivity contribution in [2.24, 2.45) is 0 Å². The molecule has 0 unspecified atom stereocenters. The molecule has 0 radical (unpaired) electrons. The Labute approximate surface area is 188 Å². The highest BCUT2D eigenvalue weighted by Gasteiger charge is 2.22. The van der Waals surface area contributed by atoms with E-state index >= 15 is 0 Å². The maximum Gasteiger partial charge on any atom is 0.263 e. The lowest BCUT2D eigenvalue weighted by Crippen LogP contribution is -2.17. The summed E-state index contributed by atoms with van der Waals surface area (Å²) in [5.41, 5.74) is 6.13. The molecule has 0 aliphatic rings. The van der Waals surface area contributed by atoms with Crippen LogP contribution >= 0.6 is 11.6 Å². The summed E-state index contributed by atoms with van der Waals surface area (Å²) in [7, 11) is -4.00. The van der Waals surface area contributed by atoms with Crippen molar-refractivity contribution in [2.75, 3.05) is 10.0 Å². The summed E-state index contributed by atoms with van der Waals surface area (Å²) in [5.74, 6) is -0.407. The molecule has 5 nitrogen and oxygen atoms in total. The minimum absolute atomic E-state index is 0.0389. The van der Waals surface area contributed by atoms with Crippen molar-refractivity contribution in [1.82, 2.24) is 0 Å². The van der Waals surface area contributed by atoms with Crippen LogP contribution in [0.3, 0.4) is 0 Å². The van der Waals surface area contributed by atoms with Crippen LogP contribution in [-0.2, 0) is 10.0 Å². The number of aryl methyl sites for hydroxylation is 4. The first kappa shape index (κ1) is 22.8. The lowest BCUT2D eigenvalue weighted by atomic mass is 10.0. The van der Waals surface area contributed by atoms with E-state index in [1.165, 1.54) is 18.2 Å². The predicted molar refractivity (Wildman–Crippen MR) is 127 cm³/mol. The van der Waals surface area contributed by atoms with Crippen LogP contribution in [-0.4, -0.2) is 14.3 Å². The van der Waals surface area contributed by atoms with Crippen molar-refractivity contribution >= 4 is 38.9 Å². The molecule has 2 N–H and O–H groups in total. The van der Waals surface area contributed by atoms with E-state index < -0.39 is 15.9 Å². The number of sulfonamides is 1. The average Bonchev–Trinajstić information content (AvgIpc) is 2.68. The van der Waals surface area contributed by atoms with Crippen molar-refractivity contribution in [3.63, 3.8) is 0 Å². The first-order chi connectivity index (χ1) is 14.5. The minimum Gasteiger partial charge on any atom is -0.322 e. The molecule has 0 heterocycles. The van der Waals surface area contributed by atoms with Gasteiger partial charge >= 0.3 is 0 Å². The molecule has 0 spiro atoms. The third-order valence-corrected chi connectivity index (χ3v) is 7.09. The summed E-state index contributed by atoms with van der Waals surface area (Å²) >= 11 is 6.20. The van der Waals surface area contributed by atoms with Crippen LogP contribution < -0.4 is 10.0 Å². The summed E-state index contributed by atoms with van der Waals surface area (Å²) in [6.07, 6.45) is 0. The molecule has 3 aromatic carbocycles. The second-order valence-corrected chi connectivity index (χ2v) is 9.78. The molecule has 0 saturated carbocycles. The van der Waals surface area contributed by atoms with E-state index in [0.29, 0.717) is 11.4 Å². The Morgan fingerprint density at radius 2 is 1.52 bits per heavy atom.